The molecule has 0 fully saturated rings. The van der Waals surface area contributed by atoms with Crippen LogP contribution in [-0.2, 0) is 14.3 Å². The van der Waals surface area contributed by atoms with Gasteiger partial charge < -0.3 is 30.8 Å². The van der Waals surface area contributed by atoms with Crippen molar-refractivity contribution in [3.05, 3.63) is 52.1 Å². The lowest BCUT2D eigenvalue weighted by Gasteiger charge is -2.15. The van der Waals surface area contributed by atoms with Crippen LogP contribution in [-0.4, -0.2) is 68.9 Å². The molecule has 0 bridgehead atoms. The van der Waals surface area contributed by atoms with Gasteiger partial charge in [-0.25, -0.2) is 14.1 Å². The number of rotatable bonds is 11. The maximum absolute atomic E-state index is 14.1. The van der Waals surface area contributed by atoms with Crippen molar-refractivity contribution in [2.75, 3.05) is 50.9 Å². The molecule has 1 aliphatic rings. The number of anilines is 1. The zero-order chi connectivity index (χ0) is 28.2. The Morgan fingerprint density at radius 1 is 1.12 bits per heavy atom. The fourth-order valence-corrected chi connectivity index (χ4v) is 3.96. The zero-order valence-corrected chi connectivity index (χ0v) is 25.2. The van der Waals surface area contributed by atoms with Crippen molar-refractivity contribution >= 4 is 60.1 Å². The number of aryl methyl sites for hydroxylation is 1. The van der Waals surface area contributed by atoms with Gasteiger partial charge in [0.1, 0.15) is 12.4 Å². The third-order valence-electron chi connectivity index (χ3n) is 5.65. The molecule has 0 saturated carbocycles. The van der Waals surface area contributed by atoms with E-state index in [0.717, 1.165) is 11.4 Å². The highest BCUT2D eigenvalue weighted by Gasteiger charge is 2.38. The molecule has 10 nitrogen and oxygen atoms in total. The smallest absolute Gasteiger partial charge is 0.421 e. The van der Waals surface area contributed by atoms with Crippen molar-refractivity contribution in [1.29, 1.82) is 0 Å². The Hall–Kier alpha value is -2.96. The van der Waals surface area contributed by atoms with Gasteiger partial charge in [-0.15, -0.1) is 24.8 Å². The molecule has 2 aromatic rings. The molecule has 0 aliphatic carbocycles. The molecule has 0 unspecified atom stereocenters. The summed E-state index contributed by atoms with van der Waals surface area (Å²) in [5.41, 5.74) is 8.15. The molecular weight excluding hydrogens is 564 g/mol. The number of nitrogens with one attached hydrogen (secondary N) is 3. The van der Waals surface area contributed by atoms with Crippen molar-refractivity contribution < 1.29 is 28.2 Å². The van der Waals surface area contributed by atoms with Crippen LogP contribution in [0.3, 0.4) is 0 Å². The number of hydrogen-bond acceptors (Lipinski definition) is 7. The van der Waals surface area contributed by atoms with E-state index in [1.165, 1.54) is 24.3 Å². The number of H-pyrrole nitrogens is 1. The number of carbonyl (C=O) groups excluding carboxylic acids is 3. The third-order valence-corrected chi connectivity index (χ3v) is 5.65. The normalized spacial score (nSPS) is 12.6. The fourth-order valence-electron chi connectivity index (χ4n) is 3.96. The van der Waals surface area contributed by atoms with E-state index < -0.39 is 17.8 Å². The molecule has 0 saturated heterocycles. The van der Waals surface area contributed by atoms with Crippen molar-refractivity contribution in [3.8, 4) is 0 Å². The van der Waals surface area contributed by atoms with Gasteiger partial charge in [-0.1, -0.05) is 20.8 Å². The van der Waals surface area contributed by atoms with Crippen LogP contribution in [0.1, 0.15) is 53.6 Å². The van der Waals surface area contributed by atoms with Crippen LogP contribution in [0, 0.1) is 19.7 Å². The summed E-state index contributed by atoms with van der Waals surface area (Å²) >= 11 is 0. The highest BCUT2D eigenvalue weighted by atomic mass is 35.5. The summed E-state index contributed by atoms with van der Waals surface area (Å²) in [6.45, 7) is 12.1. The standard InChI is InChI=1S/C25H32FN5O5.C2H6.2ClH/c1-4-28-8-9-29-23(32)22-15(2)20(30-16(22)3)14-19-18-13-17(26)5-6-21(18)31(24(19)33)25(34)36-12-11-35-10-7-27;1-2;;/h5-6,13-14,28,30H,4,7-12,27H2,1-3H3,(H,29,32);1-2H3;2*1H/b19-14-;;;. The number of halogens is 3. The first-order valence-electron chi connectivity index (χ1n) is 12.8. The Labute approximate surface area is 247 Å². The van der Waals surface area contributed by atoms with E-state index in [0.29, 0.717) is 48.8 Å². The van der Waals surface area contributed by atoms with Crippen molar-refractivity contribution in [2.45, 2.75) is 34.6 Å². The van der Waals surface area contributed by atoms with E-state index in [9.17, 15) is 18.8 Å². The van der Waals surface area contributed by atoms with Gasteiger partial charge in [0.25, 0.3) is 11.8 Å². The minimum atomic E-state index is -0.896. The Bertz CT molecular complexity index is 1170. The van der Waals surface area contributed by atoms with E-state index in [1.54, 1.807) is 13.8 Å². The van der Waals surface area contributed by atoms with E-state index in [4.69, 9.17) is 15.2 Å². The number of fused-ring (bicyclic) bond motifs is 1. The van der Waals surface area contributed by atoms with Gasteiger partial charge in [0.15, 0.2) is 0 Å². The summed E-state index contributed by atoms with van der Waals surface area (Å²) in [4.78, 5) is 42.7. The van der Waals surface area contributed by atoms with Gasteiger partial charge in [0.05, 0.1) is 30.0 Å². The molecule has 0 radical (unpaired) electrons. The van der Waals surface area contributed by atoms with E-state index in [-0.39, 0.29) is 60.8 Å². The van der Waals surface area contributed by atoms with Gasteiger partial charge in [0, 0.05) is 36.6 Å². The quantitative estimate of drug-likeness (QED) is 0.225. The minimum Gasteiger partial charge on any atom is -0.446 e. The van der Waals surface area contributed by atoms with Gasteiger partial charge in [-0.3, -0.25) is 9.59 Å². The number of benzene rings is 1. The average molecular weight is 605 g/mol. The Kier molecular flexibility index (Phi) is 17.0. The predicted octanol–water partition coefficient (Wildman–Crippen LogP) is 3.98. The number of ether oxygens (including phenoxy) is 2. The highest BCUT2D eigenvalue weighted by Crippen LogP contribution is 2.39. The van der Waals surface area contributed by atoms with Crippen LogP contribution in [0.5, 0.6) is 0 Å². The molecule has 40 heavy (non-hydrogen) atoms. The maximum atomic E-state index is 14.1. The second-order valence-corrected chi connectivity index (χ2v) is 8.15. The number of carbonyl (C=O) groups is 3. The maximum Gasteiger partial charge on any atom is 0.421 e. The van der Waals surface area contributed by atoms with Gasteiger partial charge in [0.2, 0.25) is 0 Å². The van der Waals surface area contributed by atoms with Crippen molar-refractivity contribution in [1.82, 2.24) is 15.6 Å². The summed E-state index contributed by atoms with van der Waals surface area (Å²) < 4.78 is 24.5. The van der Waals surface area contributed by atoms with Gasteiger partial charge >= 0.3 is 6.09 Å². The number of nitrogens with zero attached hydrogens (tertiary/aromatic N) is 1. The average Bonchev–Trinajstić information content (AvgIpc) is 3.34. The molecule has 3 amide bonds. The van der Waals surface area contributed by atoms with E-state index in [2.05, 4.69) is 15.6 Å². The van der Waals surface area contributed by atoms with Crippen LogP contribution in [0.25, 0.3) is 11.6 Å². The summed E-state index contributed by atoms with van der Waals surface area (Å²) in [6.07, 6.45) is 0.628. The minimum absolute atomic E-state index is 0. The lowest BCUT2D eigenvalue weighted by atomic mass is 10.0. The van der Waals surface area contributed by atoms with Crippen LogP contribution < -0.4 is 21.3 Å². The SMILES string of the molecule is CC.CCNCCNC(=O)c1c(C)[nH]c(/C=C2\C(=O)N(C(=O)OCCOCCN)c3ccc(F)cc32)c1C.Cl.Cl. The second kappa shape index (κ2) is 18.4. The lowest BCUT2D eigenvalue weighted by Crippen LogP contribution is -2.34. The number of imide groups is 1. The summed E-state index contributed by atoms with van der Waals surface area (Å²) in [5, 5.41) is 6.00. The van der Waals surface area contributed by atoms with Crippen molar-refractivity contribution in [3.63, 3.8) is 0 Å². The molecule has 13 heteroatoms. The third kappa shape index (κ3) is 9.03. The van der Waals surface area contributed by atoms with E-state index >= 15 is 0 Å². The van der Waals surface area contributed by atoms with Crippen molar-refractivity contribution in [2.24, 2.45) is 5.73 Å². The van der Waals surface area contributed by atoms with Crippen LogP contribution in [0.4, 0.5) is 14.9 Å². The molecular formula is C27H40Cl2FN5O5. The topological polar surface area (TPSA) is 139 Å². The molecule has 1 aromatic carbocycles. The predicted molar refractivity (Wildman–Crippen MR) is 160 cm³/mol. The van der Waals surface area contributed by atoms with Crippen LogP contribution in [0.15, 0.2) is 18.2 Å². The number of likely N-dealkylation sites (N-methyl/N-ethyl adjacent to an activating group) is 1. The Balaban J connectivity index is 0.00000372. The first kappa shape index (κ1) is 37.0. The number of aromatic nitrogens is 1. The molecule has 3 rings (SSSR count). The Morgan fingerprint density at radius 3 is 2.48 bits per heavy atom. The van der Waals surface area contributed by atoms with Gasteiger partial charge in [-0.2, -0.15) is 0 Å². The monoisotopic (exact) mass is 603 g/mol. The zero-order valence-electron chi connectivity index (χ0n) is 23.5. The first-order chi connectivity index (χ1) is 18.3. The molecule has 1 aliphatic heterocycles. The van der Waals surface area contributed by atoms with E-state index in [1.807, 2.05) is 20.8 Å². The summed E-state index contributed by atoms with van der Waals surface area (Å²) in [6, 6.07) is 3.71. The summed E-state index contributed by atoms with van der Waals surface area (Å²) in [5.74, 6) is -1.46. The number of nitrogens with two attached hydrogens (primary N) is 1. The molecule has 0 spiro atoms. The number of aromatic amines is 1. The largest absolute Gasteiger partial charge is 0.446 e. The molecule has 224 valence electrons. The number of hydrogen-bond donors (Lipinski definition) is 4. The van der Waals surface area contributed by atoms with Gasteiger partial charge in [-0.05, 0) is 50.2 Å². The fraction of sp³-hybridized carbons (Fsp3) is 0.444. The molecule has 1 aromatic heterocycles. The highest BCUT2D eigenvalue weighted by molar-refractivity contribution is 6.41. The van der Waals surface area contributed by atoms with Crippen LogP contribution >= 0.6 is 24.8 Å². The first-order valence-corrected chi connectivity index (χ1v) is 12.8. The lowest BCUT2D eigenvalue weighted by molar-refractivity contribution is -0.112. The Morgan fingerprint density at radius 2 is 1.82 bits per heavy atom. The number of amides is 3. The summed E-state index contributed by atoms with van der Waals surface area (Å²) in [7, 11) is 0. The molecule has 0 atom stereocenters. The molecule has 2 heterocycles. The second-order valence-electron chi connectivity index (χ2n) is 8.15. The van der Waals surface area contributed by atoms with Crippen LogP contribution in [0.2, 0.25) is 0 Å². The molecule has 5 N–H and O–H groups in total.